The van der Waals surface area contributed by atoms with Crippen LogP contribution in [0.2, 0.25) is 0 Å². The zero-order valence-corrected chi connectivity index (χ0v) is 39.0. The van der Waals surface area contributed by atoms with Crippen LogP contribution in [0.3, 0.4) is 0 Å². The third-order valence-electron chi connectivity index (χ3n) is 10.8. The Bertz CT molecular complexity index is 1040. The lowest BCUT2D eigenvalue weighted by molar-refractivity contribution is -0.167. The molecule has 0 amide bonds. The van der Waals surface area contributed by atoms with Gasteiger partial charge < -0.3 is 14.2 Å². The average Bonchev–Trinajstić information content (AvgIpc) is 3.23. The van der Waals surface area contributed by atoms with E-state index in [-0.39, 0.29) is 37.5 Å². The Hall–Kier alpha value is -2.63. The van der Waals surface area contributed by atoms with Crippen LogP contribution in [-0.2, 0) is 28.6 Å². The minimum absolute atomic E-state index is 0.0881. The predicted molar refractivity (Wildman–Crippen MR) is 252 cm³/mol. The van der Waals surface area contributed by atoms with E-state index in [0.29, 0.717) is 19.3 Å². The van der Waals surface area contributed by atoms with Crippen LogP contribution in [0.5, 0.6) is 0 Å². The summed E-state index contributed by atoms with van der Waals surface area (Å²) in [6.07, 6.45) is 56.8. The Labute approximate surface area is 365 Å². The zero-order valence-electron chi connectivity index (χ0n) is 39.0. The van der Waals surface area contributed by atoms with Gasteiger partial charge in [-0.25, -0.2) is 0 Å². The fourth-order valence-electron chi connectivity index (χ4n) is 7.04. The van der Waals surface area contributed by atoms with E-state index in [1.165, 1.54) is 135 Å². The highest BCUT2D eigenvalue weighted by atomic mass is 16.6. The second-order valence-corrected chi connectivity index (χ2v) is 16.7. The van der Waals surface area contributed by atoms with Crippen molar-refractivity contribution in [1.29, 1.82) is 0 Å². The molecular formula is C53H94O6. The van der Waals surface area contributed by atoms with Gasteiger partial charge in [0.05, 0.1) is 0 Å². The van der Waals surface area contributed by atoms with Crippen LogP contribution >= 0.6 is 0 Å². The Kier molecular flexibility index (Phi) is 45.9. The van der Waals surface area contributed by atoms with Gasteiger partial charge >= 0.3 is 17.9 Å². The lowest BCUT2D eigenvalue weighted by Crippen LogP contribution is -2.30. The Morgan fingerprint density at radius 3 is 1.08 bits per heavy atom. The second-order valence-electron chi connectivity index (χ2n) is 16.7. The fraction of sp³-hybridized carbons (Fsp3) is 0.792. The second kappa shape index (κ2) is 48.0. The smallest absolute Gasteiger partial charge is 0.306 e. The minimum Gasteiger partial charge on any atom is -0.462 e. The van der Waals surface area contributed by atoms with Gasteiger partial charge in [0.2, 0.25) is 0 Å². The van der Waals surface area contributed by atoms with Gasteiger partial charge in [-0.1, -0.05) is 204 Å². The molecule has 6 nitrogen and oxygen atoms in total. The topological polar surface area (TPSA) is 78.9 Å². The van der Waals surface area contributed by atoms with E-state index in [2.05, 4.69) is 69.4 Å². The summed E-state index contributed by atoms with van der Waals surface area (Å²) in [5.74, 6) is -0.930. The number of carbonyl (C=O) groups excluding carboxylic acids is 3. The van der Waals surface area contributed by atoms with Gasteiger partial charge in [-0.2, -0.15) is 0 Å². The van der Waals surface area contributed by atoms with E-state index in [1.807, 2.05) is 0 Å². The summed E-state index contributed by atoms with van der Waals surface area (Å²) in [6.45, 7) is 6.48. The molecule has 0 saturated carbocycles. The van der Waals surface area contributed by atoms with Crippen LogP contribution in [0.4, 0.5) is 0 Å². The van der Waals surface area contributed by atoms with E-state index in [0.717, 1.165) is 70.6 Å². The highest BCUT2D eigenvalue weighted by Gasteiger charge is 2.19. The van der Waals surface area contributed by atoms with Gasteiger partial charge in [-0.05, 0) is 77.0 Å². The van der Waals surface area contributed by atoms with Crippen LogP contribution < -0.4 is 0 Å². The highest BCUT2D eigenvalue weighted by Crippen LogP contribution is 2.14. The Morgan fingerprint density at radius 1 is 0.356 bits per heavy atom. The summed E-state index contributed by atoms with van der Waals surface area (Å²) in [5, 5.41) is 0. The lowest BCUT2D eigenvalue weighted by atomic mass is 10.1. The molecule has 0 saturated heterocycles. The summed E-state index contributed by atoms with van der Waals surface area (Å²) in [7, 11) is 0. The highest BCUT2D eigenvalue weighted by molar-refractivity contribution is 5.71. The van der Waals surface area contributed by atoms with Crippen molar-refractivity contribution in [3.05, 3.63) is 48.6 Å². The first-order chi connectivity index (χ1) is 29.0. The molecule has 0 rings (SSSR count). The number of hydrogen-bond acceptors (Lipinski definition) is 6. The molecule has 1 unspecified atom stereocenters. The number of allylic oxidation sites excluding steroid dienone is 8. The van der Waals surface area contributed by atoms with Crippen molar-refractivity contribution in [2.45, 2.75) is 258 Å². The molecule has 0 aliphatic heterocycles. The molecule has 0 aliphatic rings. The van der Waals surface area contributed by atoms with Crippen molar-refractivity contribution < 1.29 is 28.6 Å². The minimum atomic E-state index is -0.790. The van der Waals surface area contributed by atoms with Gasteiger partial charge in [-0.3, -0.25) is 14.4 Å². The van der Waals surface area contributed by atoms with Crippen molar-refractivity contribution in [2.24, 2.45) is 0 Å². The normalized spacial score (nSPS) is 12.4. The molecule has 0 aromatic carbocycles. The number of ether oxygens (including phenoxy) is 3. The van der Waals surface area contributed by atoms with Crippen LogP contribution in [-0.4, -0.2) is 37.2 Å². The third kappa shape index (κ3) is 46.3. The van der Waals surface area contributed by atoms with Crippen LogP contribution in [0.15, 0.2) is 48.6 Å². The van der Waals surface area contributed by atoms with Crippen LogP contribution in [0.1, 0.15) is 252 Å². The Morgan fingerprint density at radius 2 is 0.661 bits per heavy atom. The molecule has 6 heteroatoms. The molecule has 0 aromatic rings. The molecular weight excluding hydrogens is 733 g/mol. The quantitative estimate of drug-likeness (QED) is 0.0263. The van der Waals surface area contributed by atoms with E-state index in [1.54, 1.807) is 0 Å². The maximum Gasteiger partial charge on any atom is 0.306 e. The first-order valence-corrected chi connectivity index (χ1v) is 25.1. The van der Waals surface area contributed by atoms with E-state index >= 15 is 0 Å². The molecule has 0 heterocycles. The molecule has 0 spiro atoms. The van der Waals surface area contributed by atoms with Crippen molar-refractivity contribution in [2.75, 3.05) is 13.2 Å². The van der Waals surface area contributed by atoms with Gasteiger partial charge in [0.25, 0.3) is 0 Å². The number of rotatable bonds is 45. The summed E-state index contributed by atoms with van der Waals surface area (Å²) < 4.78 is 16.7. The van der Waals surface area contributed by atoms with Gasteiger partial charge in [-0.15, -0.1) is 0 Å². The molecule has 0 bridgehead atoms. The van der Waals surface area contributed by atoms with E-state index < -0.39 is 6.10 Å². The molecule has 0 radical (unpaired) electrons. The van der Waals surface area contributed by atoms with E-state index in [4.69, 9.17) is 14.2 Å². The number of esters is 3. The predicted octanol–water partition coefficient (Wildman–Crippen LogP) is 16.3. The number of carbonyl (C=O) groups is 3. The summed E-state index contributed by atoms with van der Waals surface area (Å²) >= 11 is 0. The van der Waals surface area contributed by atoms with Gasteiger partial charge in [0.1, 0.15) is 13.2 Å². The fourth-order valence-corrected chi connectivity index (χ4v) is 7.04. The standard InChI is InChI=1S/C53H94O6/c1-4-7-10-13-16-19-22-24-25-26-27-28-29-30-32-34-37-40-43-46-52(55)58-49-50(48-57-51(54)45-42-39-36-33-21-18-15-12-9-6-3)59-53(56)47-44-41-38-35-31-23-20-17-14-11-8-5-2/h8,11,17,20,26-27,31,35,50H,4-7,9-10,12-16,18-19,21-25,28-30,32-34,36-49H2,1-3H3/b11-8-,20-17-,27-26-,35-31-. The van der Waals surface area contributed by atoms with E-state index in [9.17, 15) is 14.4 Å². The SMILES string of the molecule is CC/C=C\C/C=C\C/C=C\CCCCC(=O)OC(COC(=O)CCCCCCCCC/C=C\CCCCCCCCCC)COC(=O)CCCCCCCCCCCC. The maximum absolute atomic E-state index is 12.7. The largest absolute Gasteiger partial charge is 0.462 e. The van der Waals surface area contributed by atoms with Gasteiger partial charge in [0, 0.05) is 19.3 Å². The zero-order chi connectivity index (χ0) is 43.0. The summed E-state index contributed by atoms with van der Waals surface area (Å²) in [6, 6.07) is 0. The Balaban J connectivity index is 4.33. The third-order valence-corrected chi connectivity index (χ3v) is 10.8. The average molecular weight is 827 g/mol. The molecule has 0 N–H and O–H groups in total. The number of unbranched alkanes of at least 4 members (excludes halogenated alkanes) is 26. The number of hydrogen-bond donors (Lipinski definition) is 0. The monoisotopic (exact) mass is 827 g/mol. The van der Waals surface area contributed by atoms with Crippen molar-refractivity contribution in [1.82, 2.24) is 0 Å². The molecule has 0 aliphatic carbocycles. The van der Waals surface area contributed by atoms with Crippen molar-refractivity contribution >= 4 is 17.9 Å². The lowest BCUT2D eigenvalue weighted by Gasteiger charge is -2.18. The molecule has 1 atom stereocenters. The van der Waals surface area contributed by atoms with Crippen molar-refractivity contribution in [3.63, 3.8) is 0 Å². The van der Waals surface area contributed by atoms with Gasteiger partial charge in [0.15, 0.2) is 6.10 Å². The first kappa shape index (κ1) is 56.4. The van der Waals surface area contributed by atoms with Crippen LogP contribution in [0, 0.1) is 0 Å². The first-order valence-electron chi connectivity index (χ1n) is 25.1. The summed E-state index contributed by atoms with van der Waals surface area (Å²) in [5.41, 5.74) is 0. The molecule has 0 fully saturated rings. The molecule has 59 heavy (non-hydrogen) atoms. The molecule has 0 aromatic heterocycles. The van der Waals surface area contributed by atoms with Crippen LogP contribution in [0.25, 0.3) is 0 Å². The summed E-state index contributed by atoms with van der Waals surface area (Å²) in [4.78, 5) is 37.8. The maximum atomic E-state index is 12.7. The van der Waals surface area contributed by atoms with Crippen molar-refractivity contribution in [3.8, 4) is 0 Å². The molecule has 342 valence electrons.